The number of hydrogen-bond donors (Lipinski definition) is 0. The van der Waals surface area contributed by atoms with Crippen molar-refractivity contribution in [3.05, 3.63) is 0 Å². The van der Waals surface area contributed by atoms with Gasteiger partial charge in [-0.2, -0.15) is 0 Å². The van der Waals surface area contributed by atoms with E-state index < -0.39 is 10.0 Å². The molecule has 0 aromatic rings. The van der Waals surface area contributed by atoms with E-state index in [0.29, 0.717) is 26.1 Å². The van der Waals surface area contributed by atoms with Crippen LogP contribution < -0.4 is 0 Å². The van der Waals surface area contributed by atoms with E-state index >= 15 is 0 Å². The minimum Gasteiger partial charge on any atom is -0.385 e. The van der Waals surface area contributed by atoms with Gasteiger partial charge in [0, 0.05) is 26.8 Å². The highest BCUT2D eigenvalue weighted by atomic mass is 32.2. The molecule has 1 rings (SSSR count). The molecule has 1 fully saturated rings. The van der Waals surface area contributed by atoms with Gasteiger partial charge in [-0.3, -0.25) is 0 Å². The predicted octanol–water partition coefficient (Wildman–Crippen LogP) is 0.448. The number of nitrogens with zero attached hydrogens (tertiary/aromatic N) is 1. The molecule has 5 heteroatoms. The second-order valence-corrected chi connectivity index (χ2v) is 5.36. The standard InChI is InChI=1S/C8H17NO3S/c1-12-7-4-8-13(10,11)9-5-2-3-6-9/h2-8H2,1H3. The molecule has 0 amide bonds. The summed E-state index contributed by atoms with van der Waals surface area (Å²) in [7, 11) is -1.39. The Bertz CT molecular complexity index is 232. The third-order valence-corrected chi connectivity index (χ3v) is 4.17. The molecule has 0 atom stereocenters. The SMILES string of the molecule is COCCCS(=O)(=O)N1CCCC1. The maximum absolute atomic E-state index is 11.6. The summed E-state index contributed by atoms with van der Waals surface area (Å²) in [6.45, 7) is 1.93. The van der Waals surface area contributed by atoms with Gasteiger partial charge < -0.3 is 4.74 Å². The van der Waals surface area contributed by atoms with E-state index in [2.05, 4.69) is 0 Å². The van der Waals surface area contributed by atoms with E-state index in [1.54, 1.807) is 11.4 Å². The van der Waals surface area contributed by atoms with Crippen molar-refractivity contribution in [1.82, 2.24) is 4.31 Å². The van der Waals surface area contributed by atoms with Crippen LogP contribution in [0.4, 0.5) is 0 Å². The first-order valence-corrected chi connectivity index (χ1v) is 6.24. The molecule has 1 aliphatic heterocycles. The van der Waals surface area contributed by atoms with Crippen molar-refractivity contribution >= 4 is 10.0 Å². The Labute approximate surface area is 79.9 Å². The maximum atomic E-state index is 11.6. The van der Waals surface area contributed by atoms with Crippen LogP contribution in [0.5, 0.6) is 0 Å². The number of ether oxygens (including phenoxy) is 1. The van der Waals surface area contributed by atoms with Crippen molar-refractivity contribution in [2.75, 3.05) is 32.6 Å². The van der Waals surface area contributed by atoms with Crippen LogP contribution in [0.3, 0.4) is 0 Å². The summed E-state index contributed by atoms with van der Waals surface area (Å²) in [4.78, 5) is 0. The van der Waals surface area contributed by atoms with Crippen LogP contribution >= 0.6 is 0 Å². The van der Waals surface area contributed by atoms with E-state index in [0.717, 1.165) is 12.8 Å². The van der Waals surface area contributed by atoms with Gasteiger partial charge in [-0.15, -0.1) is 0 Å². The Balaban J connectivity index is 2.36. The molecule has 0 spiro atoms. The molecular weight excluding hydrogens is 190 g/mol. The van der Waals surface area contributed by atoms with Gasteiger partial charge in [0.15, 0.2) is 0 Å². The number of rotatable bonds is 5. The highest BCUT2D eigenvalue weighted by Gasteiger charge is 2.24. The van der Waals surface area contributed by atoms with E-state index in [4.69, 9.17) is 4.74 Å². The Morgan fingerprint density at radius 3 is 2.46 bits per heavy atom. The zero-order valence-corrected chi connectivity index (χ0v) is 8.85. The third kappa shape index (κ3) is 3.25. The first-order valence-electron chi connectivity index (χ1n) is 4.63. The molecule has 78 valence electrons. The average molecular weight is 207 g/mol. The van der Waals surface area contributed by atoms with Crippen LogP contribution in [0.25, 0.3) is 0 Å². The van der Waals surface area contributed by atoms with Gasteiger partial charge in [-0.25, -0.2) is 12.7 Å². The smallest absolute Gasteiger partial charge is 0.214 e. The van der Waals surface area contributed by atoms with E-state index in [-0.39, 0.29) is 5.75 Å². The molecule has 0 radical (unpaired) electrons. The van der Waals surface area contributed by atoms with E-state index in [1.165, 1.54) is 0 Å². The minimum absolute atomic E-state index is 0.223. The zero-order valence-electron chi connectivity index (χ0n) is 8.03. The maximum Gasteiger partial charge on any atom is 0.214 e. The monoisotopic (exact) mass is 207 g/mol. The summed E-state index contributed by atoms with van der Waals surface area (Å²) < 4.78 is 29.6. The van der Waals surface area contributed by atoms with Gasteiger partial charge in [0.1, 0.15) is 0 Å². The van der Waals surface area contributed by atoms with Crippen molar-refractivity contribution in [1.29, 1.82) is 0 Å². The molecule has 1 aliphatic rings. The largest absolute Gasteiger partial charge is 0.385 e. The van der Waals surface area contributed by atoms with Crippen molar-refractivity contribution in [3.63, 3.8) is 0 Å². The quantitative estimate of drug-likeness (QED) is 0.615. The van der Waals surface area contributed by atoms with Crippen LogP contribution in [-0.2, 0) is 14.8 Å². The second kappa shape index (κ2) is 4.93. The first kappa shape index (κ1) is 10.9. The molecule has 0 aromatic carbocycles. The lowest BCUT2D eigenvalue weighted by atomic mass is 10.4. The van der Waals surface area contributed by atoms with Crippen LogP contribution in [0, 0.1) is 0 Å². The molecule has 0 unspecified atom stereocenters. The lowest BCUT2D eigenvalue weighted by Crippen LogP contribution is -2.30. The van der Waals surface area contributed by atoms with Crippen LogP contribution in [0.2, 0.25) is 0 Å². The number of methoxy groups -OCH3 is 1. The molecule has 0 saturated carbocycles. The van der Waals surface area contributed by atoms with Crippen LogP contribution in [0.15, 0.2) is 0 Å². The molecule has 1 saturated heterocycles. The molecule has 0 aliphatic carbocycles. The Morgan fingerprint density at radius 1 is 1.31 bits per heavy atom. The topological polar surface area (TPSA) is 46.6 Å². The summed E-state index contributed by atoms with van der Waals surface area (Å²) in [5.74, 6) is 0.223. The predicted molar refractivity (Wildman–Crippen MR) is 51.1 cm³/mol. The van der Waals surface area contributed by atoms with Crippen molar-refractivity contribution in [2.24, 2.45) is 0 Å². The fraction of sp³-hybridized carbons (Fsp3) is 1.00. The normalized spacial score (nSPS) is 19.5. The fourth-order valence-corrected chi connectivity index (χ4v) is 3.04. The van der Waals surface area contributed by atoms with Crippen LogP contribution in [-0.4, -0.2) is 45.3 Å². The van der Waals surface area contributed by atoms with Gasteiger partial charge in [-0.1, -0.05) is 0 Å². The molecule has 0 aromatic heterocycles. The van der Waals surface area contributed by atoms with Crippen molar-refractivity contribution in [2.45, 2.75) is 19.3 Å². The minimum atomic E-state index is -2.98. The summed E-state index contributed by atoms with van der Waals surface area (Å²) in [6, 6.07) is 0. The van der Waals surface area contributed by atoms with Gasteiger partial charge in [0.2, 0.25) is 10.0 Å². The van der Waals surface area contributed by atoms with Crippen molar-refractivity contribution < 1.29 is 13.2 Å². The first-order chi connectivity index (χ1) is 6.17. The summed E-state index contributed by atoms with van der Waals surface area (Å²) in [5.41, 5.74) is 0. The molecule has 13 heavy (non-hydrogen) atoms. The molecule has 1 heterocycles. The summed E-state index contributed by atoms with van der Waals surface area (Å²) in [5, 5.41) is 0. The van der Waals surface area contributed by atoms with Gasteiger partial charge in [0.25, 0.3) is 0 Å². The summed E-state index contributed by atoms with van der Waals surface area (Å²) >= 11 is 0. The van der Waals surface area contributed by atoms with Crippen molar-refractivity contribution in [3.8, 4) is 0 Å². The van der Waals surface area contributed by atoms with E-state index in [9.17, 15) is 8.42 Å². The molecule has 0 bridgehead atoms. The number of hydrogen-bond acceptors (Lipinski definition) is 3. The molecule has 0 N–H and O–H groups in total. The van der Waals surface area contributed by atoms with Gasteiger partial charge in [0.05, 0.1) is 5.75 Å². The lowest BCUT2D eigenvalue weighted by Gasteiger charge is -2.14. The summed E-state index contributed by atoms with van der Waals surface area (Å²) in [6.07, 6.45) is 2.60. The Morgan fingerprint density at radius 2 is 1.92 bits per heavy atom. The zero-order chi connectivity index (χ0) is 9.73. The van der Waals surface area contributed by atoms with Gasteiger partial charge in [-0.05, 0) is 19.3 Å². The Hall–Kier alpha value is -0.130. The highest BCUT2D eigenvalue weighted by molar-refractivity contribution is 7.89. The second-order valence-electron chi connectivity index (χ2n) is 3.27. The Kier molecular flexibility index (Phi) is 4.15. The molecule has 4 nitrogen and oxygen atoms in total. The van der Waals surface area contributed by atoms with E-state index in [1.807, 2.05) is 0 Å². The lowest BCUT2D eigenvalue weighted by molar-refractivity contribution is 0.199. The fourth-order valence-electron chi connectivity index (χ4n) is 1.48. The average Bonchev–Trinajstić information content (AvgIpc) is 2.56. The number of sulfonamides is 1. The molecular formula is C8H17NO3S. The van der Waals surface area contributed by atoms with Gasteiger partial charge >= 0.3 is 0 Å². The third-order valence-electron chi connectivity index (χ3n) is 2.21. The van der Waals surface area contributed by atoms with Crippen LogP contribution in [0.1, 0.15) is 19.3 Å². The highest BCUT2D eigenvalue weighted by Crippen LogP contribution is 2.13.